The van der Waals surface area contributed by atoms with Gasteiger partial charge >= 0.3 is 5.97 Å². The van der Waals surface area contributed by atoms with Gasteiger partial charge < -0.3 is 24.3 Å². The molecular formula is C22H27NO6. The van der Waals surface area contributed by atoms with Crippen LogP contribution in [0.3, 0.4) is 0 Å². The summed E-state index contributed by atoms with van der Waals surface area (Å²) in [6, 6.07) is 14.6. The molecule has 1 atom stereocenters. The van der Waals surface area contributed by atoms with Gasteiger partial charge in [-0.25, -0.2) is 4.79 Å². The minimum absolute atomic E-state index is 0.348. The highest BCUT2D eigenvalue weighted by atomic mass is 16.6. The Balaban J connectivity index is 1.74. The highest BCUT2D eigenvalue weighted by molar-refractivity contribution is 5.82. The van der Waals surface area contributed by atoms with Crippen molar-refractivity contribution in [2.45, 2.75) is 25.9 Å². The molecule has 0 spiro atoms. The summed E-state index contributed by atoms with van der Waals surface area (Å²) >= 11 is 0. The van der Waals surface area contributed by atoms with Crippen LogP contribution >= 0.6 is 0 Å². The van der Waals surface area contributed by atoms with Crippen LogP contribution in [0.1, 0.15) is 18.9 Å². The molecule has 156 valence electrons. The molecule has 0 radical (unpaired) electrons. The second-order valence-electron chi connectivity index (χ2n) is 6.22. The molecular weight excluding hydrogens is 374 g/mol. The maximum atomic E-state index is 12.2. The number of hydrogen-bond acceptors (Lipinski definition) is 6. The Morgan fingerprint density at radius 2 is 1.72 bits per heavy atom. The van der Waals surface area contributed by atoms with Gasteiger partial charge in [0.2, 0.25) is 0 Å². The van der Waals surface area contributed by atoms with Gasteiger partial charge in [0.15, 0.2) is 24.2 Å². The Labute approximate surface area is 170 Å². The van der Waals surface area contributed by atoms with Gasteiger partial charge in [-0.05, 0) is 42.7 Å². The van der Waals surface area contributed by atoms with Gasteiger partial charge in [-0.1, -0.05) is 31.2 Å². The van der Waals surface area contributed by atoms with Crippen molar-refractivity contribution in [3.63, 3.8) is 0 Å². The minimum Gasteiger partial charge on any atom is -0.493 e. The largest absolute Gasteiger partial charge is 0.493 e. The van der Waals surface area contributed by atoms with Crippen LogP contribution in [0.4, 0.5) is 0 Å². The second-order valence-corrected chi connectivity index (χ2v) is 6.22. The number of para-hydroxylation sites is 1. The summed E-state index contributed by atoms with van der Waals surface area (Å²) < 4.78 is 21.2. The van der Waals surface area contributed by atoms with E-state index in [0.29, 0.717) is 36.6 Å². The van der Waals surface area contributed by atoms with Crippen molar-refractivity contribution in [3.05, 3.63) is 54.1 Å². The smallest absolute Gasteiger partial charge is 0.347 e. The number of carbonyl (C=O) groups excluding carboxylic acids is 2. The Hall–Kier alpha value is -3.22. The molecule has 0 heterocycles. The van der Waals surface area contributed by atoms with Crippen molar-refractivity contribution in [3.8, 4) is 17.2 Å². The highest BCUT2D eigenvalue weighted by Gasteiger charge is 2.21. The lowest BCUT2D eigenvalue weighted by Crippen LogP contribution is -2.34. The fraction of sp³-hybridized carbons (Fsp3) is 0.364. The number of methoxy groups -OCH3 is 2. The summed E-state index contributed by atoms with van der Waals surface area (Å²) in [7, 11) is 3.15. The third-order valence-corrected chi connectivity index (χ3v) is 4.18. The van der Waals surface area contributed by atoms with E-state index in [1.807, 2.05) is 43.3 Å². The molecule has 0 aliphatic heterocycles. The molecule has 0 fully saturated rings. The van der Waals surface area contributed by atoms with E-state index in [-0.39, 0.29) is 12.5 Å². The molecule has 0 bridgehead atoms. The summed E-state index contributed by atoms with van der Waals surface area (Å²) in [6.07, 6.45) is 0.292. The molecule has 0 aromatic heterocycles. The topological polar surface area (TPSA) is 83.1 Å². The van der Waals surface area contributed by atoms with Crippen LogP contribution in [-0.4, -0.2) is 45.4 Å². The van der Waals surface area contributed by atoms with E-state index in [0.717, 1.165) is 5.56 Å². The lowest BCUT2D eigenvalue weighted by Gasteiger charge is -2.16. The first-order valence-electron chi connectivity index (χ1n) is 9.43. The lowest BCUT2D eigenvalue weighted by atomic mass is 10.1. The Morgan fingerprint density at radius 1 is 1.00 bits per heavy atom. The van der Waals surface area contributed by atoms with Gasteiger partial charge in [0.05, 0.1) is 14.2 Å². The van der Waals surface area contributed by atoms with E-state index in [1.54, 1.807) is 26.4 Å². The van der Waals surface area contributed by atoms with Crippen molar-refractivity contribution >= 4 is 11.9 Å². The summed E-state index contributed by atoms with van der Waals surface area (Å²) in [5.41, 5.74) is 0.988. The zero-order valence-corrected chi connectivity index (χ0v) is 17.0. The van der Waals surface area contributed by atoms with E-state index >= 15 is 0 Å². The maximum Gasteiger partial charge on any atom is 0.347 e. The number of amides is 1. The van der Waals surface area contributed by atoms with Crippen LogP contribution in [0.25, 0.3) is 0 Å². The molecule has 2 aromatic carbocycles. The SMILES string of the molecule is CC[C@H](Oc1ccccc1)C(=O)OCC(=O)NCCc1ccc(OC)c(OC)c1. The van der Waals surface area contributed by atoms with Gasteiger partial charge in [-0.3, -0.25) is 4.79 Å². The average molecular weight is 401 g/mol. The number of benzene rings is 2. The monoisotopic (exact) mass is 401 g/mol. The first-order chi connectivity index (χ1) is 14.1. The molecule has 1 N–H and O–H groups in total. The van der Waals surface area contributed by atoms with Crippen molar-refractivity contribution in [2.24, 2.45) is 0 Å². The van der Waals surface area contributed by atoms with E-state index < -0.39 is 12.1 Å². The standard InChI is InChI=1S/C22H27NO6/c1-4-18(29-17-8-6-5-7-9-17)22(25)28-15-21(24)23-13-12-16-10-11-19(26-2)20(14-16)27-3/h5-11,14,18H,4,12-13,15H2,1-3H3,(H,23,24)/t18-/m0/s1. The quantitative estimate of drug-likeness (QED) is 0.583. The molecule has 0 aliphatic rings. The van der Waals surface area contributed by atoms with Crippen LogP contribution in [0.5, 0.6) is 17.2 Å². The molecule has 0 aliphatic carbocycles. The number of nitrogens with one attached hydrogen (secondary N) is 1. The molecule has 0 saturated carbocycles. The normalized spacial score (nSPS) is 11.3. The number of rotatable bonds is 11. The number of hydrogen-bond donors (Lipinski definition) is 1. The molecule has 0 unspecified atom stereocenters. The third kappa shape index (κ3) is 7.03. The molecule has 1 amide bonds. The van der Waals surface area contributed by atoms with Crippen LogP contribution in [-0.2, 0) is 20.7 Å². The first kappa shape index (κ1) is 22.1. The number of esters is 1. The van der Waals surface area contributed by atoms with Crippen molar-refractivity contribution < 1.29 is 28.5 Å². The summed E-state index contributed by atoms with van der Waals surface area (Å²) in [6.45, 7) is 1.88. The van der Waals surface area contributed by atoms with Crippen LogP contribution < -0.4 is 19.5 Å². The van der Waals surface area contributed by atoms with E-state index in [4.69, 9.17) is 18.9 Å². The Kier molecular flexibility index (Phi) is 8.82. The summed E-state index contributed by atoms with van der Waals surface area (Å²) in [5, 5.41) is 2.73. The molecule has 2 rings (SSSR count). The van der Waals surface area contributed by atoms with Gasteiger partial charge in [0.25, 0.3) is 5.91 Å². The summed E-state index contributed by atoms with van der Waals surface area (Å²) in [4.78, 5) is 24.1. The molecule has 7 heteroatoms. The summed E-state index contributed by atoms with van der Waals surface area (Å²) in [5.74, 6) is 0.931. The second kappa shape index (κ2) is 11.6. The maximum absolute atomic E-state index is 12.2. The van der Waals surface area contributed by atoms with E-state index in [2.05, 4.69) is 5.32 Å². The molecule has 2 aromatic rings. The molecule has 29 heavy (non-hydrogen) atoms. The average Bonchev–Trinajstić information content (AvgIpc) is 2.76. The van der Waals surface area contributed by atoms with Crippen molar-refractivity contribution in [1.82, 2.24) is 5.32 Å². The Bertz CT molecular complexity index is 793. The lowest BCUT2D eigenvalue weighted by molar-refractivity contribution is -0.155. The first-order valence-corrected chi connectivity index (χ1v) is 9.43. The Morgan fingerprint density at radius 3 is 2.38 bits per heavy atom. The van der Waals surface area contributed by atoms with Gasteiger partial charge in [-0.15, -0.1) is 0 Å². The van der Waals surface area contributed by atoms with Crippen molar-refractivity contribution in [1.29, 1.82) is 0 Å². The number of carbonyl (C=O) groups is 2. The zero-order valence-electron chi connectivity index (χ0n) is 17.0. The van der Waals surface area contributed by atoms with E-state index in [1.165, 1.54) is 0 Å². The van der Waals surface area contributed by atoms with Crippen LogP contribution in [0, 0.1) is 0 Å². The fourth-order valence-corrected chi connectivity index (χ4v) is 2.62. The fourth-order valence-electron chi connectivity index (χ4n) is 2.62. The van der Waals surface area contributed by atoms with Crippen molar-refractivity contribution in [2.75, 3.05) is 27.4 Å². The molecule has 0 saturated heterocycles. The van der Waals surface area contributed by atoms with Crippen LogP contribution in [0.2, 0.25) is 0 Å². The predicted molar refractivity (Wildman–Crippen MR) is 108 cm³/mol. The molecule has 7 nitrogen and oxygen atoms in total. The van der Waals surface area contributed by atoms with Gasteiger partial charge in [0.1, 0.15) is 5.75 Å². The minimum atomic E-state index is -0.753. The van der Waals surface area contributed by atoms with Gasteiger partial charge in [-0.2, -0.15) is 0 Å². The van der Waals surface area contributed by atoms with Crippen LogP contribution in [0.15, 0.2) is 48.5 Å². The number of ether oxygens (including phenoxy) is 4. The van der Waals surface area contributed by atoms with E-state index in [9.17, 15) is 9.59 Å². The predicted octanol–water partition coefficient (Wildman–Crippen LogP) is 2.76. The van der Waals surface area contributed by atoms with Gasteiger partial charge in [0, 0.05) is 6.54 Å². The zero-order chi connectivity index (χ0) is 21.1. The third-order valence-electron chi connectivity index (χ3n) is 4.18. The highest BCUT2D eigenvalue weighted by Crippen LogP contribution is 2.27.